The van der Waals surface area contributed by atoms with Crippen LogP contribution in [-0.2, 0) is 5.66 Å². The molecule has 1 aliphatic rings. The van der Waals surface area contributed by atoms with Crippen LogP contribution in [0, 0.1) is 10.1 Å². The first-order chi connectivity index (χ1) is 11.1. The molecule has 4 rings (SSSR count). The molecule has 3 aromatic carbocycles. The van der Waals surface area contributed by atoms with Crippen molar-refractivity contribution in [2.24, 2.45) is 0 Å². The topological polar surface area (TPSA) is 67.2 Å². The summed E-state index contributed by atoms with van der Waals surface area (Å²) < 4.78 is 0. The molecular weight excluding hydrogens is 290 g/mol. The number of benzene rings is 3. The third kappa shape index (κ3) is 2.09. The van der Waals surface area contributed by atoms with Crippen molar-refractivity contribution in [3.63, 3.8) is 0 Å². The number of hydrogen-bond donors (Lipinski definition) is 2. The quantitative estimate of drug-likeness (QED) is 0.542. The van der Waals surface area contributed by atoms with Gasteiger partial charge in [0, 0.05) is 34.5 Å². The first-order valence-electron chi connectivity index (χ1n) is 7.40. The monoisotopic (exact) mass is 305 g/mol. The van der Waals surface area contributed by atoms with E-state index in [1.807, 2.05) is 37.3 Å². The summed E-state index contributed by atoms with van der Waals surface area (Å²) in [7, 11) is 0. The molecule has 0 aromatic heterocycles. The van der Waals surface area contributed by atoms with Gasteiger partial charge in [0.05, 0.1) is 4.92 Å². The molecule has 114 valence electrons. The summed E-state index contributed by atoms with van der Waals surface area (Å²) in [6.45, 7) is 1.99. The van der Waals surface area contributed by atoms with Crippen LogP contribution in [0.1, 0.15) is 12.5 Å². The Balaban J connectivity index is 1.85. The molecule has 1 aliphatic heterocycles. The molecule has 0 spiro atoms. The van der Waals surface area contributed by atoms with Gasteiger partial charge in [-0.2, -0.15) is 0 Å². The zero-order valence-electron chi connectivity index (χ0n) is 12.5. The van der Waals surface area contributed by atoms with Crippen LogP contribution in [0.4, 0.5) is 17.1 Å². The van der Waals surface area contributed by atoms with Gasteiger partial charge in [0.1, 0.15) is 5.66 Å². The Kier molecular flexibility index (Phi) is 2.78. The fourth-order valence-electron chi connectivity index (χ4n) is 3.19. The second-order valence-corrected chi connectivity index (χ2v) is 5.89. The number of nitro benzene ring substituents is 1. The Bertz CT molecular complexity index is 896. The average molecular weight is 305 g/mol. The second kappa shape index (κ2) is 4.71. The lowest BCUT2D eigenvalue weighted by Crippen LogP contribution is -2.42. The van der Waals surface area contributed by atoms with Crippen LogP contribution >= 0.6 is 0 Å². The van der Waals surface area contributed by atoms with E-state index in [9.17, 15) is 10.1 Å². The lowest BCUT2D eigenvalue weighted by molar-refractivity contribution is -0.384. The van der Waals surface area contributed by atoms with Gasteiger partial charge in [-0.15, -0.1) is 0 Å². The number of nitrogens with zero attached hydrogens (tertiary/aromatic N) is 1. The van der Waals surface area contributed by atoms with Gasteiger partial charge in [-0.3, -0.25) is 10.1 Å². The summed E-state index contributed by atoms with van der Waals surface area (Å²) in [6.07, 6.45) is 0. The van der Waals surface area contributed by atoms with Crippen molar-refractivity contribution in [2.75, 3.05) is 10.6 Å². The summed E-state index contributed by atoms with van der Waals surface area (Å²) >= 11 is 0. The van der Waals surface area contributed by atoms with E-state index in [0.717, 1.165) is 27.7 Å². The van der Waals surface area contributed by atoms with E-state index < -0.39 is 5.66 Å². The zero-order valence-corrected chi connectivity index (χ0v) is 12.5. The molecule has 2 N–H and O–H groups in total. The molecule has 0 saturated carbocycles. The van der Waals surface area contributed by atoms with Crippen LogP contribution in [-0.4, -0.2) is 4.92 Å². The zero-order chi connectivity index (χ0) is 16.0. The van der Waals surface area contributed by atoms with Crippen molar-refractivity contribution in [1.82, 2.24) is 0 Å². The smallest absolute Gasteiger partial charge is 0.269 e. The summed E-state index contributed by atoms with van der Waals surface area (Å²) in [5.41, 5.74) is 2.33. The molecule has 0 radical (unpaired) electrons. The highest BCUT2D eigenvalue weighted by Gasteiger charge is 2.32. The summed E-state index contributed by atoms with van der Waals surface area (Å²) in [6, 6.07) is 18.9. The Hall–Kier alpha value is -3.08. The van der Waals surface area contributed by atoms with Crippen molar-refractivity contribution in [1.29, 1.82) is 0 Å². The molecule has 0 atom stereocenters. The average Bonchev–Trinajstić information content (AvgIpc) is 2.55. The first kappa shape index (κ1) is 13.6. The Labute approximate surface area is 133 Å². The third-order valence-electron chi connectivity index (χ3n) is 4.31. The maximum atomic E-state index is 11.1. The maximum Gasteiger partial charge on any atom is 0.269 e. The lowest BCUT2D eigenvalue weighted by Gasteiger charge is -2.39. The standard InChI is InChI=1S/C18H15N3O2/c1-18(13-7-4-8-14(11-13)21(22)23)19-15-9-2-5-12-6-3-10-16(20-18)17(12)15/h2-11,19-20H,1H3. The highest BCUT2D eigenvalue weighted by atomic mass is 16.6. The van der Waals surface area contributed by atoms with Crippen LogP contribution in [0.2, 0.25) is 0 Å². The van der Waals surface area contributed by atoms with Gasteiger partial charge in [0.25, 0.3) is 5.69 Å². The van der Waals surface area contributed by atoms with Gasteiger partial charge in [-0.25, -0.2) is 0 Å². The van der Waals surface area contributed by atoms with Gasteiger partial charge in [0.2, 0.25) is 0 Å². The molecule has 1 heterocycles. The summed E-state index contributed by atoms with van der Waals surface area (Å²) in [4.78, 5) is 10.7. The number of hydrogen-bond acceptors (Lipinski definition) is 4. The van der Waals surface area contributed by atoms with E-state index in [1.165, 1.54) is 6.07 Å². The largest absolute Gasteiger partial charge is 0.359 e. The van der Waals surface area contributed by atoms with Crippen LogP contribution in [0.25, 0.3) is 10.8 Å². The Morgan fingerprint density at radius 3 is 2.17 bits per heavy atom. The van der Waals surface area contributed by atoms with Gasteiger partial charge in [-0.05, 0) is 24.4 Å². The van der Waals surface area contributed by atoms with Gasteiger partial charge in [0.15, 0.2) is 0 Å². The van der Waals surface area contributed by atoms with Gasteiger partial charge in [-0.1, -0.05) is 36.4 Å². The SMILES string of the molecule is CC1(c2cccc([N+](=O)[O-])c2)Nc2cccc3cccc(c23)N1. The minimum atomic E-state index is -0.616. The fraction of sp³-hybridized carbons (Fsp3) is 0.111. The fourth-order valence-corrected chi connectivity index (χ4v) is 3.19. The minimum Gasteiger partial charge on any atom is -0.359 e. The number of rotatable bonds is 2. The van der Waals surface area contributed by atoms with E-state index in [0.29, 0.717) is 0 Å². The molecule has 23 heavy (non-hydrogen) atoms. The molecule has 3 aromatic rings. The van der Waals surface area contributed by atoms with E-state index in [1.54, 1.807) is 12.1 Å². The molecule has 5 nitrogen and oxygen atoms in total. The molecule has 0 aliphatic carbocycles. The van der Waals surface area contributed by atoms with E-state index >= 15 is 0 Å². The van der Waals surface area contributed by atoms with E-state index in [-0.39, 0.29) is 10.6 Å². The van der Waals surface area contributed by atoms with E-state index in [4.69, 9.17) is 0 Å². The van der Waals surface area contributed by atoms with Crippen molar-refractivity contribution >= 4 is 27.8 Å². The molecule has 0 fully saturated rings. The van der Waals surface area contributed by atoms with Gasteiger partial charge >= 0.3 is 0 Å². The summed E-state index contributed by atoms with van der Waals surface area (Å²) in [5, 5.41) is 20.3. The van der Waals surface area contributed by atoms with Crippen LogP contribution in [0.15, 0.2) is 60.7 Å². The maximum absolute atomic E-state index is 11.1. The Morgan fingerprint density at radius 1 is 0.957 bits per heavy atom. The molecule has 0 amide bonds. The number of nitro groups is 1. The van der Waals surface area contributed by atoms with E-state index in [2.05, 4.69) is 22.8 Å². The molecule has 0 bridgehead atoms. The number of nitrogens with one attached hydrogen (secondary N) is 2. The number of anilines is 2. The van der Waals surface area contributed by atoms with Crippen molar-refractivity contribution in [3.8, 4) is 0 Å². The van der Waals surface area contributed by atoms with Crippen LogP contribution in [0.3, 0.4) is 0 Å². The normalized spacial score (nSPS) is 14.8. The summed E-state index contributed by atoms with van der Waals surface area (Å²) in [5.74, 6) is 0. The highest BCUT2D eigenvalue weighted by molar-refractivity contribution is 6.05. The molecular formula is C18H15N3O2. The third-order valence-corrected chi connectivity index (χ3v) is 4.31. The Morgan fingerprint density at radius 2 is 1.57 bits per heavy atom. The predicted molar refractivity (Wildman–Crippen MR) is 91.6 cm³/mol. The molecule has 5 heteroatoms. The molecule has 0 unspecified atom stereocenters. The lowest BCUT2D eigenvalue weighted by atomic mass is 9.94. The van der Waals surface area contributed by atoms with Crippen LogP contribution < -0.4 is 10.6 Å². The van der Waals surface area contributed by atoms with Crippen molar-refractivity contribution in [3.05, 3.63) is 76.3 Å². The first-order valence-corrected chi connectivity index (χ1v) is 7.40. The van der Waals surface area contributed by atoms with Gasteiger partial charge < -0.3 is 10.6 Å². The minimum absolute atomic E-state index is 0.0874. The number of non-ortho nitro benzene ring substituents is 1. The van der Waals surface area contributed by atoms with Crippen molar-refractivity contribution < 1.29 is 4.92 Å². The van der Waals surface area contributed by atoms with Crippen LogP contribution in [0.5, 0.6) is 0 Å². The molecule has 0 saturated heterocycles. The predicted octanol–water partition coefficient (Wildman–Crippen LogP) is 4.46. The second-order valence-electron chi connectivity index (χ2n) is 5.89. The highest BCUT2D eigenvalue weighted by Crippen LogP contribution is 2.41. The van der Waals surface area contributed by atoms with Crippen molar-refractivity contribution in [2.45, 2.75) is 12.6 Å².